The van der Waals surface area contributed by atoms with Crippen LogP contribution in [0.4, 0.5) is 0 Å². The Bertz CT molecular complexity index is 521. The molecule has 0 aliphatic carbocycles. The molecule has 1 unspecified atom stereocenters. The molecule has 0 saturated carbocycles. The topological polar surface area (TPSA) is 50.9 Å². The van der Waals surface area contributed by atoms with E-state index in [4.69, 9.17) is 5.84 Å². The van der Waals surface area contributed by atoms with Crippen molar-refractivity contribution in [2.45, 2.75) is 44.6 Å². The zero-order valence-electron chi connectivity index (χ0n) is 12.9. The predicted octanol–water partition coefficient (Wildman–Crippen LogP) is 3.21. The maximum atomic E-state index is 5.93. The molecule has 0 amide bonds. The average Bonchev–Trinajstić information content (AvgIpc) is 2.57. The van der Waals surface area contributed by atoms with Gasteiger partial charge in [0, 0.05) is 23.9 Å². The summed E-state index contributed by atoms with van der Waals surface area (Å²) in [6.07, 6.45) is 6.67. The predicted molar refractivity (Wildman–Crippen MR) is 87.8 cm³/mol. The summed E-state index contributed by atoms with van der Waals surface area (Å²) in [4.78, 5) is 4.09. The van der Waals surface area contributed by atoms with Crippen LogP contribution in [-0.4, -0.2) is 11.0 Å². The molecule has 0 radical (unpaired) electrons. The Balaban J connectivity index is 2.35. The van der Waals surface area contributed by atoms with Crippen molar-refractivity contribution in [2.24, 2.45) is 5.84 Å². The van der Waals surface area contributed by atoms with Crippen LogP contribution in [0.2, 0.25) is 0 Å². The number of nitrogens with two attached hydrogens (primary N) is 1. The Kier molecular flexibility index (Phi) is 5.48. The van der Waals surface area contributed by atoms with Crippen molar-refractivity contribution in [1.82, 2.24) is 10.4 Å². The lowest BCUT2D eigenvalue weighted by Crippen LogP contribution is -2.52. The van der Waals surface area contributed by atoms with E-state index >= 15 is 0 Å². The van der Waals surface area contributed by atoms with Gasteiger partial charge < -0.3 is 0 Å². The SMILES string of the molecule is CCC(CC)(c1ccccc1)C(Cc1ccncc1)NN. The number of hydrogen-bond donors (Lipinski definition) is 2. The number of nitrogens with zero attached hydrogens (tertiary/aromatic N) is 1. The van der Waals surface area contributed by atoms with Gasteiger partial charge in [-0.1, -0.05) is 44.2 Å². The second kappa shape index (κ2) is 7.34. The molecule has 0 saturated heterocycles. The van der Waals surface area contributed by atoms with Gasteiger partial charge >= 0.3 is 0 Å². The van der Waals surface area contributed by atoms with Crippen LogP contribution in [0.15, 0.2) is 54.9 Å². The fraction of sp³-hybridized carbons (Fsp3) is 0.389. The lowest BCUT2D eigenvalue weighted by Gasteiger charge is -2.40. The third-order valence-corrected chi connectivity index (χ3v) is 4.67. The minimum absolute atomic E-state index is 0.0410. The van der Waals surface area contributed by atoms with E-state index in [1.165, 1.54) is 11.1 Å². The van der Waals surface area contributed by atoms with Crippen molar-refractivity contribution in [1.29, 1.82) is 0 Å². The van der Waals surface area contributed by atoms with Crippen molar-refractivity contribution in [3.63, 3.8) is 0 Å². The van der Waals surface area contributed by atoms with Crippen LogP contribution in [0.1, 0.15) is 37.8 Å². The van der Waals surface area contributed by atoms with E-state index in [2.05, 4.69) is 66.7 Å². The first kappa shape index (κ1) is 15.7. The van der Waals surface area contributed by atoms with Gasteiger partial charge in [-0.05, 0) is 42.5 Å². The van der Waals surface area contributed by atoms with Crippen molar-refractivity contribution in [3.8, 4) is 0 Å². The summed E-state index contributed by atoms with van der Waals surface area (Å²) in [7, 11) is 0. The van der Waals surface area contributed by atoms with Gasteiger partial charge in [0.25, 0.3) is 0 Å². The Labute approximate surface area is 127 Å². The first-order chi connectivity index (χ1) is 10.3. The van der Waals surface area contributed by atoms with E-state index in [0.29, 0.717) is 0 Å². The molecule has 1 aromatic carbocycles. The molecule has 0 fully saturated rings. The van der Waals surface area contributed by atoms with Crippen LogP contribution >= 0.6 is 0 Å². The molecule has 1 heterocycles. The number of aromatic nitrogens is 1. The average molecular weight is 283 g/mol. The highest BCUT2D eigenvalue weighted by molar-refractivity contribution is 5.29. The quantitative estimate of drug-likeness (QED) is 0.606. The highest BCUT2D eigenvalue weighted by atomic mass is 15.2. The van der Waals surface area contributed by atoms with Crippen LogP contribution < -0.4 is 11.3 Å². The standard InChI is InChI=1S/C18H25N3/c1-3-18(4-2,16-8-6-5-7-9-16)17(21-19)14-15-10-12-20-13-11-15/h5-13,17,21H,3-4,14,19H2,1-2H3. The Morgan fingerprint density at radius 3 is 2.19 bits per heavy atom. The number of nitrogens with one attached hydrogen (secondary N) is 1. The number of rotatable bonds is 7. The summed E-state index contributed by atoms with van der Waals surface area (Å²) in [6.45, 7) is 4.49. The molecular formula is C18H25N3. The second-order valence-corrected chi connectivity index (χ2v) is 5.51. The van der Waals surface area contributed by atoms with E-state index in [9.17, 15) is 0 Å². The number of benzene rings is 1. The van der Waals surface area contributed by atoms with Crippen molar-refractivity contribution in [2.75, 3.05) is 0 Å². The highest BCUT2D eigenvalue weighted by Gasteiger charge is 2.36. The van der Waals surface area contributed by atoms with Crippen LogP contribution in [0.25, 0.3) is 0 Å². The van der Waals surface area contributed by atoms with Crippen molar-refractivity contribution < 1.29 is 0 Å². The molecule has 0 bridgehead atoms. The maximum absolute atomic E-state index is 5.93. The van der Waals surface area contributed by atoms with Crippen LogP contribution in [0.3, 0.4) is 0 Å². The van der Waals surface area contributed by atoms with E-state index in [1.54, 1.807) is 0 Å². The van der Waals surface area contributed by atoms with Gasteiger partial charge in [0.15, 0.2) is 0 Å². The summed E-state index contributed by atoms with van der Waals surface area (Å²) in [5.74, 6) is 5.93. The van der Waals surface area contributed by atoms with E-state index in [0.717, 1.165) is 19.3 Å². The molecule has 2 rings (SSSR count). The molecule has 112 valence electrons. The molecule has 21 heavy (non-hydrogen) atoms. The van der Waals surface area contributed by atoms with E-state index < -0.39 is 0 Å². The molecule has 2 aromatic rings. The lowest BCUT2D eigenvalue weighted by atomic mass is 9.68. The van der Waals surface area contributed by atoms with Crippen molar-refractivity contribution in [3.05, 3.63) is 66.0 Å². The van der Waals surface area contributed by atoms with Gasteiger partial charge in [-0.2, -0.15) is 0 Å². The smallest absolute Gasteiger partial charge is 0.0347 e. The van der Waals surface area contributed by atoms with Crippen LogP contribution in [0, 0.1) is 0 Å². The fourth-order valence-electron chi connectivity index (χ4n) is 3.29. The minimum atomic E-state index is 0.0410. The normalized spacial score (nSPS) is 13.1. The Morgan fingerprint density at radius 2 is 1.67 bits per heavy atom. The van der Waals surface area contributed by atoms with E-state index in [1.807, 2.05) is 12.4 Å². The molecule has 3 N–H and O–H groups in total. The number of hydrazine groups is 1. The van der Waals surface area contributed by atoms with Gasteiger partial charge in [0.05, 0.1) is 0 Å². The third kappa shape index (κ3) is 3.31. The molecule has 0 aliphatic heterocycles. The van der Waals surface area contributed by atoms with Crippen LogP contribution in [-0.2, 0) is 11.8 Å². The molecule has 3 heteroatoms. The minimum Gasteiger partial charge on any atom is -0.271 e. The molecule has 0 spiro atoms. The summed E-state index contributed by atoms with van der Waals surface area (Å²) < 4.78 is 0. The maximum Gasteiger partial charge on any atom is 0.0347 e. The second-order valence-electron chi connectivity index (χ2n) is 5.51. The van der Waals surface area contributed by atoms with Crippen molar-refractivity contribution >= 4 is 0 Å². The molecule has 1 aromatic heterocycles. The monoisotopic (exact) mass is 283 g/mol. The highest BCUT2D eigenvalue weighted by Crippen LogP contribution is 2.36. The molecular weight excluding hydrogens is 258 g/mol. The van der Waals surface area contributed by atoms with E-state index in [-0.39, 0.29) is 11.5 Å². The molecule has 1 atom stereocenters. The fourth-order valence-corrected chi connectivity index (χ4v) is 3.29. The lowest BCUT2D eigenvalue weighted by molar-refractivity contribution is 0.270. The van der Waals surface area contributed by atoms with Gasteiger partial charge in [0.1, 0.15) is 0 Å². The summed E-state index contributed by atoms with van der Waals surface area (Å²) in [6, 6.07) is 15.0. The van der Waals surface area contributed by atoms with Gasteiger partial charge in [-0.25, -0.2) is 0 Å². The third-order valence-electron chi connectivity index (χ3n) is 4.67. The zero-order chi connectivity index (χ0) is 15.1. The van der Waals surface area contributed by atoms with Gasteiger partial charge in [0.2, 0.25) is 0 Å². The number of pyridine rings is 1. The molecule has 3 nitrogen and oxygen atoms in total. The first-order valence-corrected chi connectivity index (χ1v) is 7.67. The molecule has 0 aliphatic rings. The van der Waals surface area contributed by atoms with Gasteiger partial charge in [-0.15, -0.1) is 0 Å². The first-order valence-electron chi connectivity index (χ1n) is 7.67. The van der Waals surface area contributed by atoms with Gasteiger partial charge in [-0.3, -0.25) is 16.3 Å². The summed E-state index contributed by atoms with van der Waals surface area (Å²) >= 11 is 0. The largest absolute Gasteiger partial charge is 0.271 e. The number of hydrogen-bond acceptors (Lipinski definition) is 3. The summed E-state index contributed by atoms with van der Waals surface area (Å²) in [5.41, 5.74) is 5.73. The Hall–Kier alpha value is -1.71. The zero-order valence-corrected chi connectivity index (χ0v) is 12.9. The summed E-state index contributed by atoms with van der Waals surface area (Å²) in [5, 5.41) is 0. The Morgan fingerprint density at radius 1 is 1.05 bits per heavy atom. The van der Waals surface area contributed by atoms with Crippen LogP contribution in [0.5, 0.6) is 0 Å².